The molecule has 0 aliphatic carbocycles. The Kier molecular flexibility index (Phi) is 5.55. The molecular formula is C15H21NO4. The highest BCUT2D eigenvalue weighted by Gasteiger charge is 2.17. The molecular weight excluding hydrogens is 258 g/mol. The first-order chi connectivity index (χ1) is 9.32. The van der Waals surface area contributed by atoms with E-state index >= 15 is 0 Å². The van der Waals surface area contributed by atoms with Crippen molar-refractivity contribution in [2.24, 2.45) is 5.92 Å². The van der Waals surface area contributed by atoms with Crippen molar-refractivity contribution in [3.05, 3.63) is 29.3 Å². The van der Waals surface area contributed by atoms with E-state index in [9.17, 15) is 9.59 Å². The van der Waals surface area contributed by atoms with Gasteiger partial charge in [-0.1, -0.05) is 19.1 Å². The average Bonchev–Trinajstić information content (AvgIpc) is 2.39. The van der Waals surface area contributed by atoms with Gasteiger partial charge in [-0.15, -0.1) is 0 Å². The van der Waals surface area contributed by atoms with Gasteiger partial charge in [0, 0.05) is 13.6 Å². The molecule has 1 aromatic rings. The van der Waals surface area contributed by atoms with Crippen molar-refractivity contribution < 1.29 is 19.4 Å². The van der Waals surface area contributed by atoms with Crippen LogP contribution in [0.4, 0.5) is 0 Å². The molecule has 0 radical (unpaired) electrons. The molecule has 0 aliphatic heterocycles. The van der Waals surface area contributed by atoms with E-state index in [0.717, 1.165) is 11.1 Å². The highest BCUT2D eigenvalue weighted by atomic mass is 16.5. The zero-order chi connectivity index (χ0) is 15.3. The van der Waals surface area contributed by atoms with E-state index in [1.165, 1.54) is 4.90 Å². The average molecular weight is 279 g/mol. The molecule has 0 saturated heterocycles. The number of aryl methyl sites for hydroxylation is 1. The summed E-state index contributed by atoms with van der Waals surface area (Å²) in [6, 6.07) is 5.67. The van der Waals surface area contributed by atoms with Crippen LogP contribution in [0.2, 0.25) is 0 Å². The topological polar surface area (TPSA) is 66.8 Å². The van der Waals surface area contributed by atoms with Gasteiger partial charge in [-0.3, -0.25) is 9.59 Å². The van der Waals surface area contributed by atoms with E-state index in [1.54, 1.807) is 14.0 Å². The normalized spacial score (nSPS) is 11.8. The summed E-state index contributed by atoms with van der Waals surface area (Å²) in [5.74, 6) is -1.07. The van der Waals surface area contributed by atoms with E-state index in [-0.39, 0.29) is 19.1 Å². The Hall–Kier alpha value is -2.04. The zero-order valence-electron chi connectivity index (χ0n) is 12.3. The van der Waals surface area contributed by atoms with Crippen LogP contribution in [0.3, 0.4) is 0 Å². The van der Waals surface area contributed by atoms with Crippen molar-refractivity contribution in [2.75, 3.05) is 20.2 Å². The van der Waals surface area contributed by atoms with Gasteiger partial charge in [-0.2, -0.15) is 0 Å². The summed E-state index contributed by atoms with van der Waals surface area (Å²) in [5, 5.41) is 8.82. The third kappa shape index (κ3) is 4.26. The highest BCUT2D eigenvalue weighted by molar-refractivity contribution is 5.78. The quantitative estimate of drug-likeness (QED) is 0.863. The number of rotatable bonds is 6. The van der Waals surface area contributed by atoms with Gasteiger partial charge in [0.15, 0.2) is 6.61 Å². The van der Waals surface area contributed by atoms with Crippen LogP contribution in [0.1, 0.15) is 18.1 Å². The van der Waals surface area contributed by atoms with Crippen LogP contribution in [0, 0.1) is 19.8 Å². The molecule has 0 saturated carbocycles. The van der Waals surface area contributed by atoms with Crippen LogP contribution in [0.25, 0.3) is 0 Å². The Labute approximate surface area is 119 Å². The molecule has 0 spiro atoms. The minimum Gasteiger partial charge on any atom is -0.483 e. The van der Waals surface area contributed by atoms with Gasteiger partial charge >= 0.3 is 5.97 Å². The minimum absolute atomic E-state index is 0.0901. The number of carbonyl (C=O) groups is 2. The zero-order valence-corrected chi connectivity index (χ0v) is 12.3. The smallest absolute Gasteiger partial charge is 0.308 e. The predicted molar refractivity (Wildman–Crippen MR) is 75.8 cm³/mol. The molecule has 5 nitrogen and oxygen atoms in total. The number of carboxylic acids is 1. The Bertz CT molecular complexity index is 499. The summed E-state index contributed by atoms with van der Waals surface area (Å²) in [7, 11) is 1.58. The Morgan fingerprint density at radius 1 is 1.35 bits per heavy atom. The number of nitrogens with zero attached hydrogens (tertiary/aromatic N) is 1. The second-order valence-electron chi connectivity index (χ2n) is 5.00. The number of amides is 1. The van der Waals surface area contributed by atoms with E-state index in [2.05, 4.69) is 0 Å². The number of aliphatic carboxylic acids is 1. The lowest BCUT2D eigenvalue weighted by atomic mass is 10.1. The first-order valence-corrected chi connectivity index (χ1v) is 6.48. The molecule has 0 aromatic heterocycles. The maximum absolute atomic E-state index is 11.9. The largest absolute Gasteiger partial charge is 0.483 e. The van der Waals surface area contributed by atoms with Gasteiger partial charge in [0.05, 0.1) is 5.92 Å². The maximum atomic E-state index is 11.9. The minimum atomic E-state index is -0.917. The Morgan fingerprint density at radius 2 is 2.00 bits per heavy atom. The van der Waals surface area contributed by atoms with E-state index in [4.69, 9.17) is 9.84 Å². The molecule has 1 N–H and O–H groups in total. The van der Waals surface area contributed by atoms with Gasteiger partial charge in [0.1, 0.15) is 5.75 Å². The van der Waals surface area contributed by atoms with Crippen LogP contribution in [0.15, 0.2) is 18.2 Å². The third-order valence-corrected chi connectivity index (χ3v) is 3.30. The fourth-order valence-electron chi connectivity index (χ4n) is 1.72. The number of carboxylic acid groups (broad SMARTS) is 1. The summed E-state index contributed by atoms with van der Waals surface area (Å²) in [6.45, 7) is 5.56. The Morgan fingerprint density at radius 3 is 2.60 bits per heavy atom. The van der Waals surface area contributed by atoms with E-state index in [0.29, 0.717) is 5.75 Å². The molecule has 0 bridgehead atoms. The van der Waals surface area contributed by atoms with Crippen LogP contribution < -0.4 is 4.74 Å². The lowest BCUT2D eigenvalue weighted by Gasteiger charge is -2.20. The van der Waals surface area contributed by atoms with Gasteiger partial charge in [-0.25, -0.2) is 0 Å². The highest BCUT2D eigenvalue weighted by Crippen LogP contribution is 2.20. The SMILES string of the molecule is Cc1cccc(OCC(=O)N(C)CC(C)C(=O)O)c1C. The maximum Gasteiger partial charge on any atom is 0.308 e. The Balaban J connectivity index is 2.54. The molecule has 1 rings (SSSR count). The van der Waals surface area contributed by atoms with E-state index in [1.807, 2.05) is 32.0 Å². The van der Waals surface area contributed by atoms with Crippen LogP contribution in [-0.4, -0.2) is 42.1 Å². The van der Waals surface area contributed by atoms with Gasteiger partial charge in [-0.05, 0) is 31.0 Å². The molecule has 0 heterocycles. The summed E-state index contributed by atoms with van der Waals surface area (Å²) in [5.41, 5.74) is 2.10. The molecule has 1 unspecified atom stereocenters. The van der Waals surface area contributed by atoms with Crippen LogP contribution in [-0.2, 0) is 9.59 Å². The standard InChI is InChI=1S/C15H21NO4/c1-10-6-5-7-13(12(10)3)20-9-14(17)16(4)8-11(2)15(18)19/h5-7,11H,8-9H2,1-4H3,(H,18,19). The number of benzene rings is 1. The summed E-state index contributed by atoms with van der Waals surface area (Å²) in [6.07, 6.45) is 0. The first-order valence-electron chi connectivity index (χ1n) is 6.48. The van der Waals surface area contributed by atoms with Gasteiger partial charge in [0.25, 0.3) is 5.91 Å². The van der Waals surface area contributed by atoms with Crippen molar-refractivity contribution in [2.45, 2.75) is 20.8 Å². The fourth-order valence-corrected chi connectivity index (χ4v) is 1.72. The van der Waals surface area contributed by atoms with Gasteiger partial charge < -0.3 is 14.7 Å². The van der Waals surface area contributed by atoms with Crippen molar-refractivity contribution in [3.63, 3.8) is 0 Å². The second-order valence-corrected chi connectivity index (χ2v) is 5.00. The van der Waals surface area contributed by atoms with E-state index < -0.39 is 11.9 Å². The van der Waals surface area contributed by atoms with Crippen molar-refractivity contribution in [1.82, 2.24) is 4.90 Å². The summed E-state index contributed by atoms with van der Waals surface area (Å²) >= 11 is 0. The fraction of sp³-hybridized carbons (Fsp3) is 0.467. The predicted octanol–water partition coefficient (Wildman–Crippen LogP) is 1.86. The van der Waals surface area contributed by atoms with Crippen molar-refractivity contribution in [1.29, 1.82) is 0 Å². The molecule has 5 heteroatoms. The van der Waals surface area contributed by atoms with Gasteiger partial charge in [0.2, 0.25) is 0 Å². The number of carbonyl (C=O) groups excluding carboxylic acids is 1. The van der Waals surface area contributed by atoms with Crippen LogP contribution in [0.5, 0.6) is 5.75 Å². The number of hydrogen-bond donors (Lipinski definition) is 1. The monoisotopic (exact) mass is 279 g/mol. The van der Waals surface area contributed by atoms with Crippen molar-refractivity contribution in [3.8, 4) is 5.75 Å². The summed E-state index contributed by atoms with van der Waals surface area (Å²) in [4.78, 5) is 24.0. The molecule has 1 aromatic carbocycles. The molecule has 1 amide bonds. The van der Waals surface area contributed by atoms with Crippen LogP contribution >= 0.6 is 0 Å². The molecule has 110 valence electrons. The lowest BCUT2D eigenvalue weighted by molar-refractivity contribution is -0.143. The van der Waals surface area contributed by atoms with Crippen molar-refractivity contribution >= 4 is 11.9 Å². The first kappa shape index (κ1) is 16.0. The lowest BCUT2D eigenvalue weighted by Crippen LogP contribution is -2.36. The molecule has 1 atom stereocenters. The number of hydrogen-bond acceptors (Lipinski definition) is 3. The number of ether oxygens (including phenoxy) is 1. The second kappa shape index (κ2) is 6.93. The molecule has 0 fully saturated rings. The summed E-state index contributed by atoms with van der Waals surface area (Å²) < 4.78 is 5.50. The molecule has 0 aliphatic rings. The molecule has 20 heavy (non-hydrogen) atoms. The third-order valence-electron chi connectivity index (χ3n) is 3.30. The number of likely N-dealkylation sites (N-methyl/N-ethyl adjacent to an activating group) is 1.